The standard InChI is InChI=1S/C18H23N3O4/c1-3-11(2)19-16(22)10-25-18(24)12-6-7-14-13(9-12)20-17(23)15-5-4-8-21(14)15/h6-7,9,11,15H,3-5,8,10H2,1-2H3,(H,19,22)(H,20,23)/t11-,15-/m1/s1. The summed E-state index contributed by atoms with van der Waals surface area (Å²) in [6.07, 6.45) is 2.63. The molecule has 134 valence electrons. The van der Waals surface area contributed by atoms with Crippen LogP contribution in [-0.4, -0.2) is 43.0 Å². The molecule has 0 radical (unpaired) electrons. The van der Waals surface area contributed by atoms with Gasteiger partial charge in [0.1, 0.15) is 6.04 Å². The Morgan fingerprint density at radius 2 is 2.24 bits per heavy atom. The second-order valence-electron chi connectivity index (χ2n) is 6.53. The minimum absolute atomic E-state index is 0.0385. The molecule has 0 spiro atoms. The van der Waals surface area contributed by atoms with Gasteiger partial charge in [-0.1, -0.05) is 6.92 Å². The van der Waals surface area contributed by atoms with Gasteiger partial charge in [0.25, 0.3) is 5.91 Å². The number of carbonyl (C=O) groups excluding carboxylic acids is 3. The molecule has 0 unspecified atom stereocenters. The van der Waals surface area contributed by atoms with Crippen LogP contribution in [0, 0.1) is 0 Å². The van der Waals surface area contributed by atoms with Crippen molar-refractivity contribution in [3.63, 3.8) is 0 Å². The monoisotopic (exact) mass is 345 g/mol. The van der Waals surface area contributed by atoms with Gasteiger partial charge >= 0.3 is 5.97 Å². The number of carbonyl (C=O) groups is 3. The normalized spacial score (nSPS) is 19.5. The molecule has 2 aliphatic rings. The molecule has 2 atom stereocenters. The van der Waals surface area contributed by atoms with Gasteiger partial charge < -0.3 is 20.3 Å². The maximum atomic E-state index is 12.2. The van der Waals surface area contributed by atoms with Crippen LogP contribution < -0.4 is 15.5 Å². The lowest BCUT2D eigenvalue weighted by atomic mass is 10.1. The van der Waals surface area contributed by atoms with E-state index >= 15 is 0 Å². The molecule has 7 nitrogen and oxygen atoms in total. The van der Waals surface area contributed by atoms with Gasteiger partial charge in [0.05, 0.1) is 16.9 Å². The number of anilines is 2. The highest BCUT2D eigenvalue weighted by Crippen LogP contribution is 2.37. The average molecular weight is 345 g/mol. The lowest BCUT2D eigenvalue weighted by molar-refractivity contribution is -0.124. The molecule has 1 fully saturated rings. The second kappa shape index (κ2) is 7.13. The number of amides is 2. The summed E-state index contributed by atoms with van der Waals surface area (Å²) >= 11 is 0. The van der Waals surface area contributed by atoms with Crippen LogP contribution in [0.2, 0.25) is 0 Å². The van der Waals surface area contributed by atoms with Crippen molar-refractivity contribution in [2.75, 3.05) is 23.4 Å². The van der Waals surface area contributed by atoms with Crippen LogP contribution in [0.1, 0.15) is 43.5 Å². The quantitative estimate of drug-likeness (QED) is 0.793. The Kier molecular flexibility index (Phi) is 4.92. The van der Waals surface area contributed by atoms with Crippen molar-refractivity contribution in [1.82, 2.24) is 5.32 Å². The Bertz CT molecular complexity index is 704. The van der Waals surface area contributed by atoms with Gasteiger partial charge in [0.15, 0.2) is 6.61 Å². The summed E-state index contributed by atoms with van der Waals surface area (Å²) in [5.74, 6) is -0.947. The molecule has 25 heavy (non-hydrogen) atoms. The Morgan fingerprint density at radius 3 is 3.00 bits per heavy atom. The Labute approximate surface area is 146 Å². The van der Waals surface area contributed by atoms with Crippen LogP contribution in [0.4, 0.5) is 11.4 Å². The van der Waals surface area contributed by atoms with Gasteiger partial charge in [-0.2, -0.15) is 0 Å². The smallest absolute Gasteiger partial charge is 0.338 e. The molecular formula is C18H23N3O4. The molecule has 1 aromatic carbocycles. The van der Waals surface area contributed by atoms with E-state index in [1.165, 1.54) is 0 Å². The minimum atomic E-state index is -0.583. The second-order valence-corrected chi connectivity index (χ2v) is 6.53. The summed E-state index contributed by atoms with van der Waals surface area (Å²) in [4.78, 5) is 38.1. The zero-order valence-electron chi connectivity index (χ0n) is 14.5. The minimum Gasteiger partial charge on any atom is -0.452 e. The van der Waals surface area contributed by atoms with E-state index in [1.54, 1.807) is 12.1 Å². The van der Waals surface area contributed by atoms with Crippen molar-refractivity contribution in [3.8, 4) is 0 Å². The number of ether oxygens (including phenoxy) is 1. The number of hydrogen-bond donors (Lipinski definition) is 2. The topological polar surface area (TPSA) is 87.7 Å². The molecule has 0 bridgehead atoms. The largest absolute Gasteiger partial charge is 0.452 e. The first kappa shape index (κ1) is 17.3. The van der Waals surface area contributed by atoms with Gasteiger partial charge in [-0.05, 0) is 44.4 Å². The maximum absolute atomic E-state index is 12.2. The van der Waals surface area contributed by atoms with Crippen LogP contribution >= 0.6 is 0 Å². The number of esters is 1. The fourth-order valence-electron chi connectivity index (χ4n) is 3.19. The first-order valence-corrected chi connectivity index (χ1v) is 8.67. The number of hydrogen-bond acceptors (Lipinski definition) is 5. The van der Waals surface area contributed by atoms with E-state index in [0.717, 1.165) is 31.5 Å². The number of fused-ring (bicyclic) bond motifs is 3. The van der Waals surface area contributed by atoms with Crippen LogP contribution in [0.3, 0.4) is 0 Å². The third-order valence-electron chi connectivity index (χ3n) is 4.71. The zero-order valence-corrected chi connectivity index (χ0v) is 14.5. The van der Waals surface area contributed by atoms with Gasteiger partial charge in [0.2, 0.25) is 5.91 Å². The highest BCUT2D eigenvalue weighted by Gasteiger charge is 2.36. The first-order chi connectivity index (χ1) is 12.0. The van der Waals surface area contributed by atoms with E-state index < -0.39 is 5.97 Å². The molecule has 1 aromatic rings. The van der Waals surface area contributed by atoms with E-state index in [-0.39, 0.29) is 30.5 Å². The molecule has 7 heteroatoms. The van der Waals surface area contributed by atoms with Crippen LogP contribution in [0.15, 0.2) is 18.2 Å². The van der Waals surface area contributed by atoms with Crippen molar-refractivity contribution in [3.05, 3.63) is 23.8 Å². The van der Waals surface area contributed by atoms with Crippen LogP contribution in [0.5, 0.6) is 0 Å². The van der Waals surface area contributed by atoms with Gasteiger partial charge in [-0.3, -0.25) is 9.59 Å². The van der Waals surface area contributed by atoms with E-state index in [2.05, 4.69) is 15.5 Å². The summed E-state index contributed by atoms with van der Waals surface area (Å²) < 4.78 is 5.06. The predicted octanol–water partition coefficient (Wildman–Crippen LogP) is 1.68. The zero-order chi connectivity index (χ0) is 18.0. The highest BCUT2D eigenvalue weighted by atomic mass is 16.5. The number of nitrogens with zero attached hydrogens (tertiary/aromatic N) is 1. The van der Waals surface area contributed by atoms with E-state index in [9.17, 15) is 14.4 Å². The number of benzene rings is 1. The summed E-state index contributed by atoms with van der Waals surface area (Å²) in [6.45, 7) is 4.37. The molecule has 3 rings (SSSR count). The molecule has 1 saturated heterocycles. The summed E-state index contributed by atoms with van der Waals surface area (Å²) in [7, 11) is 0. The van der Waals surface area contributed by atoms with Crippen molar-refractivity contribution < 1.29 is 19.1 Å². The van der Waals surface area contributed by atoms with E-state index in [4.69, 9.17) is 4.74 Å². The fraction of sp³-hybridized carbons (Fsp3) is 0.500. The Hall–Kier alpha value is -2.57. The molecule has 2 aliphatic heterocycles. The summed E-state index contributed by atoms with van der Waals surface area (Å²) in [5.41, 5.74) is 1.85. The highest BCUT2D eigenvalue weighted by molar-refractivity contribution is 6.05. The summed E-state index contributed by atoms with van der Waals surface area (Å²) in [5, 5.41) is 5.59. The molecule has 0 saturated carbocycles. The molecule has 0 aliphatic carbocycles. The lowest BCUT2D eigenvalue weighted by Crippen LogP contribution is -2.43. The first-order valence-electron chi connectivity index (χ1n) is 8.67. The number of nitrogens with one attached hydrogen (secondary N) is 2. The third-order valence-corrected chi connectivity index (χ3v) is 4.71. The lowest BCUT2D eigenvalue weighted by Gasteiger charge is -2.33. The molecule has 0 aromatic heterocycles. The van der Waals surface area contributed by atoms with Gasteiger partial charge in [-0.25, -0.2) is 4.79 Å². The van der Waals surface area contributed by atoms with Crippen LogP contribution in [0.25, 0.3) is 0 Å². The Morgan fingerprint density at radius 1 is 1.44 bits per heavy atom. The number of rotatable bonds is 5. The van der Waals surface area contributed by atoms with E-state index in [0.29, 0.717) is 11.3 Å². The van der Waals surface area contributed by atoms with Crippen molar-refractivity contribution in [2.45, 2.75) is 45.2 Å². The SMILES string of the molecule is CC[C@@H](C)NC(=O)COC(=O)c1ccc2c(c1)NC(=O)[C@H]1CCCN21. The summed E-state index contributed by atoms with van der Waals surface area (Å²) in [6, 6.07) is 5.02. The van der Waals surface area contributed by atoms with Crippen LogP contribution in [-0.2, 0) is 14.3 Å². The van der Waals surface area contributed by atoms with Crippen molar-refractivity contribution in [2.24, 2.45) is 0 Å². The maximum Gasteiger partial charge on any atom is 0.338 e. The average Bonchev–Trinajstić information content (AvgIpc) is 3.09. The van der Waals surface area contributed by atoms with Gasteiger partial charge in [-0.15, -0.1) is 0 Å². The Balaban J connectivity index is 1.66. The third kappa shape index (κ3) is 3.60. The van der Waals surface area contributed by atoms with Crippen molar-refractivity contribution in [1.29, 1.82) is 0 Å². The molecular weight excluding hydrogens is 322 g/mol. The van der Waals surface area contributed by atoms with Gasteiger partial charge in [0, 0.05) is 12.6 Å². The molecule has 2 amide bonds. The van der Waals surface area contributed by atoms with E-state index in [1.807, 2.05) is 19.9 Å². The fourth-order valence-corrected chi connectivity index (χ4v) is 3.19. The van der Waals surface area contributed by atoms with Crippen molar-refractivity contribution >= 4 is 29.2 Å². The molecule has 2 heterocycles. The molecule has 2 N–H and O–H groups in total. The predicted molar refractivity (Wildman–Crippen MR) is 93.6 cm³/mol.